The maximum Gasteiger partial charge on any atom is 0.151 e. The van der Waals surface area contributed by atoms with E-state index in [4.69, 9.17) is 4.74 Å². The van der Waals surface area contributed by atoms with Crippen LogP contribution >= 0.6 is 22.6 Å². The smallest absolute Gasteiger partial charge is 0.151 e. The molecule has 0 aliphatic carbocycles. The van der Waals surface area contributed by atoms with Crippen LogP contribution in [0.2, 0.25) is 0 Å². The molecule has 0 saturated carbocycles. The molecule has 80 valence electrons. The van der Waals surface area contributed by atoms with Crippen LogP contribution < -0.4 is 0 Å². The molecule has 3 heteroatoms. The fraction of sp³-hybridized carbons (Fsp3) is 0.417. The van der Waals surface area contributed by atoms with Crippen LogP contribution in [0.3, 0.4) is 0 Å². The summed E-state index contributed by atoms with van der Waals surface area (Å²) in [4.78, 5) is 10.8. The molecule has 1 aromatic rings. The third-order valence-corrected chi connectivity index (χ3v) is 3.52. The first-order valence-corrected chi connectivity index (χ1v) is 6.10. The van der Waals surface area contributed by atoms with Crippen molar-refractivity contribution in [3.05, 3.63) is 33.4 Å². The fourth-order valence-corrected chi connectivity index (χ4v) is 2.22. The second-order valence-corrected chi connectivity index (χ2v) is 5.37. The zero-order chi connectivity index (χ0) is 10.9. The maximum atomic E-state index is 10.8. The lowest BCUT2D eigenvalue weighted by Gasteiger charge is -2.17. The Hall–Kier alpha value is -0.420. The van der Waals surface area contributed by atoms with Gasteiger partial charge in [-0.05, 0) is 60.1 Å². The molecule has 0 amide bonds. The highest BCUT2D eigenvalue weighted by Crippen LogP contribution is 2.38. The maximum absolute atomic E-state index is 10.8. The standard InChI is InChI=1S/C12H13IO2/c1-12(8-14)7-6-11(15-12)9-2-4-10(13)5-3-9/h2-5,8,11H,6-7H2,1H3. The predicted octanol–water partition coefficient (Wildman–Crippen LogP) is 3.10. The Morgan fingerprint density at radius 1 is 1.47 bits per heavy atom. The Kier molecular flexibility index (Phi) is 3.11. The first kappa shape index (κ1) is 11.1. The van der Waals surface area contributed by atoms with Crippen LogP contribution in [0, 0.1) is 3.57 Å². The molecule has 0 N–H and O–H groups in total. The van der Waals surface area contributed by atoms with E-state index in [1.807, 2.05) is 6.92 Å². The lowest BCUT2D eigenvalue weighted by molar-refractivity contribution is -0.127. The predicted molar refractivity (Wildman–Crippen MR) is 66.7 cm³/mol. The van der Waals surface area contributed by atoms with Crippen molar-refractivity contribution in [1.29, 1.82) is 0 Å². The SMILES string of the molecule is CC1(C=O)CCC(c2ccc(I)cc2)O1. The van der Waals surface area contributed by atoms with E-state index in [1.54, 1.807) is 0 Å². The van der Waals surface area contributed by atoms with Crippen molar-refractivity contribution < 1.29 is 9.53 Å². The Morgan fingerprint density at radius 2 is 2.13 bits per heavy atom. The minimum absolute atomic E-state index is 0.0807. The molecule has 1 saturated heterocycles. The number of halogens is 1. The third kappa shape index (κ3) is 2.39. The fourth-order valence-electron chi connectivity index (χ4n) is 1.86. The Labute approximate surface area is 103 Å². The van der Waals surface area contributed by atoms with Gasteiger partial charge in [0, 0.05) is 3.57 Å². The molecule has 1 fully saturated rings. The van der Waals surface area contributed by atoms with E-state index in [1.165, 1.54) is 9.13 Å². The molecule has 1 aromatic carbocycles. The number of ether oxygens (including phenoxy) is 1. The second-order valence-electron chi connectivity index (χ2n) is 4.13. The number of rotatable bonds is 2. The summed E-state index contributed by atoms with van der Waals surface area (Å²) in [5, 5.41) is 0. The second kappa shape index (κ2) is 4.22. The summed E-state index contributed by atoms with van der Waals surface area (Å²) in [6.07, 6.45) is 2.74. The lowest BCUT2D eigenvalue weighted by Crippen LogP contribution is -2.24. The number of aldehydes is 1. The van der Waals surface area contributed by atoms with Crippen molar-refractivity contribution in [3.63, 3.8) is 0 Å². The van der Waals surface area contributed by atoms with Crippen molar-refractivity contribution >= 4 is 28.9 Å². The summed E-state index contributed by atoms with van der Waals surface area (Å²) >= 11 is 2.28. The molecule has 2 atom stereocenters. The zero-order valence-corrected chi connectivity index (χ0v) is 10.7. The van der Waals surface area contributed by atoms with Gasteiger partial charge in [-0.3, -0.25) is 0 Å². The molecule has 2 rings (SSSR count). The van der Waals surface area contributed by atoms with Crippen LogP contribution in [-0.2, 0) is 9.53 Å². The molecule has 0 bridgehead atoms. The van der Waals surface area contributed by atoms with E-state index in [9.17, 15) is 4.79 Å². The van der Waals surface area contributed by atoms with Gasteiger partial charge in [0.15, 0.2) is 6.29 Å². The van der Waals surface area contributed by atoms with Gasteiger partial charge >= 0.3 is 0 Å². The molecule has 2 unspecified atom stereocenters. The molecule has 15 heavy (non-hydrogen) atoms. The molecule has 1 aliphatic heterocycles. The van der Waals surface area contributed by atoms with Crippen LogP contribution in [-0.4, -0.2) is 11.9 Å². The summed E-state index contributed by atoms with van der Waals surface area (Å²) in [5.41, 5.74) is 0.592. The number of benzene rings is 1. The molecule has 0 spiro atoms. The van der Waals surface area contributed by atoms with Gasteiger partial charge in [0.05, 0.1) is 6.10 Å². The Morgan fingerprint density at radius 3 is 2.67 bits per heavy atom. The van der Waals surface area contributed by atoms with E-state index in [2.05, 4.69) is 46.9 Å². The van der Waals surface area contributed by atoms with Crippen LogP contribution in [0.1, 0.15) is 31.4 Å². The number of carbonyl (C=O) groups excluding carboxylic acids is 1. The number of carbonyl (C=O) groups is 1. The van der Waals surface area contributed by atoms with Gasteiger partial charge in [0.25, 0.3) is 0 Å². The summed E-state index contributed by atoms with van der Waals surface area (Å²) < 4.78 is 6.97. The highest BCUT2D eigenvalue weighted by Gasteiger charge is 2.36. The summed E-state index contributed by atoms with van der Waals surface area (Å²) in [5.74, 6) is 0. The van der Waals surface area contributed by atoms with Gasteiger partial charge in [0.2, 0.25) is 0 Å². The molecule has 0 radical (unpaired) electrons. The molecule has 1 heterocycles. The number of hydrogen-bond acceptors (Lipinski definition) is 2. The van der Waals surface area contributed by atoms with Crippen molar-refractivity contribution in [1.82, 2.24) is 0 Å². The third-order valence-electron chi connectivity index (χ3n) is 2.81. The highest BCUT2D eigenvalue weighted by molar-refractivity contribution is 14.1. The lowest BCUT2D eigenvalue weighted by atomic mass is 10.0. The van der Waals surface area contributed by atoms with E-state index in [0.717, 1.165) is 19.1 Å². The van der Waals surface area contributed by atoms with Gasteiger partial charge in [-0.2, -0.15) is 0 Å². The average molecular weight is 316 g/mol. The monoisotopic (exact) mass is 316 g/mol. The minimum Gasteiger partial charge on any atom is -0.360 e. The van der Waals surface area contributed by atoms with Crippen LogP contribution in [0.4, 0.5) is 0 Å². The van der Waals surface area contributed by atoms with E-state index in [-0.39, 0.29) is 6.10 Å². The number of hydrogen-bond donors (Lipinski definition) is 0. The van der Waals surface area contributed by atoms with E-state index < -0.39 is 5.60 Å². The van der Waals surface area contributed by atoms with Crippen LogP contribution in [0.25, 0.3) is 0 Å². The Bertz CT molecular complexity index is 360. The topological polar surface area (TPSA) is 26.3 Å². The van der Waals surface area contributed by atoms with Gasteiger partial charge in [-0.1, -0.05) is 12.1 Å². The molecule has 2 nitrogen and oxygen atoms in total. The van der Waals surface area contributed by atoms with E-state index >= 15 is 0 Å². The normalized spacial score (nSPS) is 30.4. The van der Waals surface area contributed by atoms with Crippen molar-refractivity contribution in [2.75, 3.05) is 0 Å². The van der Waals surface area contributed by atoms with Crippen molar-refractivity contribution in [2.24, 2.45) is 0 Å². The quantitative estimate of drug-likeness (QED) is 0.619. The Balaban J connectivity index is 2.14. The molecular weight excluding hydrogens is 303 g/mol. The van der Waals surface area contributed by atoms with Crippen LogP contribution in [0.5, 0.6) is 0 Å². The first-order valence-electron chi connectivity index (χ1n) is 5.03. The van der Waals surface area contributed by atoms with Crippen LogP contribution in [0.15, 0.2) is 24.3 Å². The van der Waals surface area contributed by atoms with Gasteiger partial charge in [0.1, 0.15) is 5.60 Å². The first-order chi connectivity index (χ1) is 7.13. The van der Waals surface area contributed by atoms with Crippen molar-refractivity contribution in [3.8, 4) is 0 Å². The summed E-state index contributed by atoms with van der Waals surface area (Å²) in [6.45, 7) is 1.85. The largest absolute Gasteiger partial charge is 0.360 e. The van der Waals surface area contributed by atoms with E-state index in [0.29, 0.717) is 0 Å². The molecule has 0 aromatic heterocycles. The zero-order valence-electron chi connectivity index (χ0n) is 8.57. The van der Waals surface area contributed by atoms with Gasteiger partial charge in [-0.25, -0.2) is 0 Å². The van der Waals surface area contributed by atoms with Crippen molar-refractivity contribution in [2.45, 2.75) is 31.5 Å². The molecule has 1 aliphatic rings. The van der Waals surface area contributed by atoms with Gasteiger partial charge in [-0.15, -0.1) is 0 Å². The molecular formula is C12H13IO2. The van der Waals surface area contributed by atoms with Gasteiger partial charge < -0.3 is 9.53 Å². The summed E-state index contributed by atoms with van der Waals surface area (Å²) in [7, 11) is 0. The minimum atomic E-state index is -0.576. The summed E-state index contributed by atoms with van der Waals surface area (Å²) in [6, 6.07) is 8.28. The average Bonchev–Trinajstić information content (AvgIpc) is 2.63. The highest BCUT2D eigenvalue weighted by atomic mass is 127.